The summed E-state index contributed by atoms with van der Waals surface area (Å²) in [5.74, 6) is 0.342. The van der Waals surface area contributed by atoms with Crippen molar-refractivity contribution < 1.29 is 17.9 Å². The Morgan fingerprint density at radius 2 is 2.28 bits per heavy atom. The van der Waals surface area contributed by atoms with Gasteiger partial charge in [0.05, 0.1) is 12.8 Å². The highest BCUT2D eigenvalue weighted by molar-refractivity contribution is 7.88. The predicted molar refractivity (Wildman–Crippen MR) is 63.5 cm³/mol. The summed E-state index contributed by atoms with van der Waals surface area (Å²) in [6, 6.07) is 0. The van der Waals surface area contributed by atoms with E-state index in [1.54, 1.807) is 18.7 Å². The van der Waals surface area contributed by atoms with Crippen molar-refractivity contribution in [1.29, 1.82) is 0 Å². The maximum Gasteiger partial charge on any atom is 0.421 e. The lowest BCUT2D eigenvalue weighted by atomic mass is 10.3. The maximum absolute atomic E-state index is 11.4. The molecule has 4 N–H and O–H groups in total. The van der Waals surface area contributed by atoms with Crippen molar-refractivity contribution in [3.8, 4) is 0 Å². The van der Waals surface area contributed by atoms with Crippen LogP contribution in [-0.4, -0.2) is 30.9 Å². The molecule has 0 aliphatic carbocycles. The molecule has 0 atom stereocenters. The lowest BCUT2D eigenvalue weighted by molar-refractivity contribution is 0.158. The molecule has 0 unspecified atom stereocenters. The number of anilines is 1. The standard InChI is InChI=1S/C8H15N5O4S/c1-3-17-8(14)12-18(15,16)11-5-6-4-10-13(2)7(6)9/h4,11H,3,5,9H2,1-2H3,(H,12,14). The Labute approximate surface area is 104 Å². The van der Waals surface area contributed by atoms with E-state index in [0.717, 1.165) is 0 Å². The van der Waals surface area contributed by atoms with Gasteiger partial charge >= 0.3 is 16.3 Å². The van der Waals surface area contributed by atoms with Crippen molar-refractivity contribution in [2.75, 3.05) is 12.3 Å². The van der Waals surface area contributed by atoms with Crippen molar-refractivity contribution >= 4 is 22.1 Å². The molecule has 9 nitrogen and oxygen atoms in total. The molecule has 0 saturated carbocycles. The minimum absolute atomic E-state index is 0.0750. The van der Waals surface area contributed by atoms with Crippen LogP contribution in [0.4, 0.5) is 10.6 Å². The van der Waals surface area contributed by atoms with E-state index in [9.17, 15) is 13.2 Å². The van der Waals surface area contributed by atoms with Crippen molar-refractivity contribution in [3.05, 3.63) is 11.8 Å². The van der Waals surface area contributed by atoms with Gasteiger partial charge in [-0.15, -0.1) is 0 Å². The molecule has 0 bridgehead atoms. The molecule has 0 aliphatic heterocycles. The summed E-state index contributed by atoms with van der Waals surface area (Å²) in [4.78, 5) is 10.9. The second-order valence-corrected chi connectivity index (χ2v) is 4.83. The normalized spacial score (nSPS) is 11.2. The first kappa shape index (κ1) is 14.3. The quantitative estimate of drug-likeness (QED) is 0.638. The number of nitrogens with zero attached hydrogens (tertiary/aromatic N) is 2. The number of carbonyl (C=O) groups excluding carboxylic acids is 1. The first-order valence-corrected chi connectivity index (χ1v) is 6.54. The second kappa shape index (κ2) is 5.69. The number of amides is 1. The molecule has 1 aromatic heterocycles. The van der Waals surface area contributed by atoms with Crippen LogP contribution in [-0.2, 0) is 28.5 Å². The first-order chi connectivity index (χ1) is 8.35. The second-order valence-electron chi connectivity index (χ2n) is 3.33. The third kappa shape index (κ3) is 3.89. The van der Waals surface area contributed by atoms with Crippen LogP contribution in [0.3, 0.4) is 0 Å². The Morgan fingerprint density at radius 3 is 2.78 bits per heavy atom. The van der Waals surface area contributed by atoms with Crippen molar-refractivity contribution in [2.45, 2.75) is 13.5 Å². The molecule has 102 valence electrons. The van der Waals surface area contributed by atoms with Gasteiger partial charge in [0.2, 0.25) is 0 Å². The number of hydrogen-bond acceptors (Lipinski definition) is 6. The summed E-state index contributed by atoms with van der Waals surface area (Å²) >= 11 is 0. The molecule has 18 heavy (non-hydrogen) atoms. The van der Waals surface area contributed by atoms with E-state index in [0.29, 0.717) is 11.4 Å². The average molecular weight is 277 g/mol. The highest BCUT2D eigenvalue weighted by atomic mass is 32.2. The maximum atomic E-state index is 11.4. The van der Waals surface area contributed by atoms with Crippen molar-refractivity contribution in [3.63, 3.8) is 0 Å². The highest BCUT2D eigenvalue weighted by Gasteiger charge is 2.15. The molecule has 0 spiro atoms. The SMILES string of the molecule is CCOC(=O)NS(=O)(=O)NCc1cnn(C)c1N. The van der Waals surface area contributed by atoms with Crippen LogP contribution in [0, 0.1) is 0 Å². The highest BCUT2D eigenvalue weighted by Crippen LogP contribution is 2.08. The van der Waals surface area contributed by atoms with Gasteiger partial charge < -0.3 is 10.5 Å². The predicted octanol–water partition coefficient (Wildman–Crippen LogP) is -0.917. The third-order valence-electron chi connectivity index (χ3n) is 2.01. The van der Waals surface area contributed by atoms with Crippen LogP contribution in [0.15, 0.2) is 6.20 Å². The molecule has 1 aromatic rings. The zero-order valence-corrected chi connectivity index (χ0v) is 10.8. The first-order valence-electron chi connectivity index (χ1n) is 5.06. The van der Waals surface area contributed by atoms with Gasteiger partial charge in [-0.1, -0.05) is 0 Å². The Morgan fingerprint density at radius 1 is 1.61 bits per heavy atom. The number of rotatable bonds is 5. The number of nitrogen functional groups attached to an aromatic ring is 1. The van der Waals surface area contributed by atoms with Crippen LogP contribution in [0.5, 0.6) is 0 Å². The number of hydrogen-bond donors (Lipinski definition) is 3. The summed E-state index contributed by atoms with van der Waals surface area (Å²) < 4.78 is 32.5. The third-order valence-corrected chi connectivity index (χ3v) is 2.97. The van der Waals surface area contributed by atoms with E-state index in [1.165, 1.54) is 10.9 Å². The molecule has 0 fully saturated rings. The van der Waals surface area contributed by atoms with E-state index in [2.05, 4.69) is 14.6 Å². The van der Waals surface area contributed by atoms with Crippen LogP contribution in [0.25, 0.3) is 0 Å². The molecule has 1 heterocycles. The number of carbonyl (C=O) groups is 1. The molecule has 1 rings (SSSR count). The Bertz CT molecular complexity index is 524. The fraction of sp³-hybridized carbons (Fsp3) is 0.500. The largest absolute Gasteiger partial charge is 0.449 e. The lowest BCUT2D eigenvalue weighted by Gasteiger charge is -2.07. The summed E-state index contributed by atoms with van der Waals surface area (Å²) in [5, 5.41) is 3.85. The minimum Gasteiger partial charge on any atom is -0.449 e. The smallest absolute Gasteiger partial charge is 0.421 e. The number of nitrogens with one attached hydrogen (secondary N) is 2. The van der Waals surface area contributed by atoms with E-state index >= 15 is 0 Å². The topological polar surface area (TPSA) is 128 Å². The van der Waals surface area contributed by atoms with E-state index in [1.807, 2.05) is 0 Å². The molecule has 0 radical (unpaired) electrons. The number of aryl methyl sites for hydroxylation is 1. The van der Waals surface area contributed by atoms with Gasteiger partial charge in [0, 0.05) is 19.2 Å². The van der Waals surface area contributed by atoms with Crippen molar-refractivity contribution in [1.82, 2.24) is 19.2 Å². The monoisotopic (exact) mass is 277 g/mol. The van der Waals surface area contributed by atoms with E-state index < -0.39 is 16.3 Å². The van der Waals surface area contributed by atoms with Gasteiger partial charge in [0.25, 0.3) is 0 Å². The molecule has 0 saturated heterocycles. The zero-order valence-electron chi connectivity index (χ0n) is 10.0. The molecular formula is C8H15N5O4S. The van der Waals surface area contributed by atoms with Crippen LogP contribution in [0.2, 0.25) is 0 Å². The molecule has 0 aromatic carbocycles. The summed E-state index contributed by atoms with van der Waals surface area (Å²) in [7, 11) is -2.35. The number of nitrogens with two attached hydrogens (primary N) is 1. The summed E-state index contributed by atoms with van der Waals surface area (Å²) in [5.41, 5.74) is 6.14. The molecule has 1 amide bonds. The molecule has 0 aliphatic rings. The van der Waals surface area contributed by atoms with E-state index in [-0.39, 0.29) is 13.2 Å². The number of ether oxygens (including phenoxy) is 1. The average Bonchev–Trinajstić information content (AvgIpc) is 2.57. The Kier molecular flexibility index (Phi) is 4.50. The Hall–Kier alpha value is -1.81. The zero-order chi connectivity index (χ0) is 13.8. The summed E-state index contributed by atoms with van der Waals surface area (Å²) in [6.45, 7) is 1.57. The van der Waals surface area contributed by atoms with Gasteiger partial charge in [0.1, 0.15) is 5.82 Å². The van der Waals surface area contributed by atoms with Crippen molar-refractivity contribution in [2.24, 2.45) is 7.05 Å². The lowest BCUT2D eigenvalue weighted by Crippen LogP contribution is -2.40. The van der Waals surface area contributed by atoms with Crippen LogP contribution >= 0.6 is 0 Å². The van der Waals surface area contributed by atoms with E-state index in [4.69, 9.17) is 5.73 Å². The number of aromatic nitrogens is 2. The van der Waals surface area contributed by atoms with Crippen LogP contribution < -0.4 is 15.2 Å². The van der Waals surface area contributed by atoms with Gasteiger partial charge in [-0.05, 0) is 6.92 Å². The fourth-order valence-electron chi connectivity index (χ4n) is 1.11. The fourth-order valence-corrected chi connectivity index (χ4v) is 1.80. The van der Waals surface area contributed by atoms with Gasteiger partial charge in [0.15, 0.2) is 0 Å². The van der Waals surface area contributed by atoms with Gasteiger partial charge in [-0.3, -0.25) is 4.68 Å². The summed E-state index contributed by atoms with van der Waals surface area (Å²) in [6.07, 6.45) is 0.395. The van der Waals surface area contributed by atoms with Crippen LogP contribution in [0.1, 0.15) is 12.5 Å². The molecule has 10 heteroatoms. The van der Waals surface area contributed by atoms with Gasteiger partial charge in [-0.25, -0.2) is 9.52 Å². The minimum atomic E-state index is -3.98. The molecular weight excluding hydrogens is 262 g/mol. The Balaban J connectivity index is 2.57. The van der Waals surface area contributed by atoms with Gasteiger partial charge in [-0.2, -0.15) is 18.2 Å².